The Labute approximate surface area is 249 Å². The highest BCUT2D eigenvalue weighted by Gasteiger charge is 2.29. The summed E-state index contributed by atoms with van der Waals surface area (Å²) in [5.41, 5.74) is 2.85. The van der Waals surface area contributed by atoms with Crippen LogP contribution in [-0.2, 0) is 19.1 Å². The first-order valence-corrected chi connectivity index (χ1v) is 13.1. The number of esters is 1. The van der Waals surface area contributed by atoms with Crippen molar-refractivity contribution in [2.24, 2.45) is 0 Å². The summed E-state index contributed by atoms with van der Waals surface area (Å²) in [5.74, 6) is -3.39. The number of nitrogens with one attached hydrogen (secondary N) is 2. The van der Waals surface area contributed by atoms with Gasteiger partial charge in [-0.3, -0.25) is 9.59 Å². The van der Waals surface area contributed by atoms with Gasteiger partial charge in [0.2, 0.25) is 6.79 Å². The predicted molar refractivity (Wildman–Crippen MR) is 152 cm³/mol. The molecule has 228 valence electrons. The zero-order valence-electron chi connectivity index (χ0n) is 23.8. The number of ether oxygens (including phenoxy) is 2. The standard InChI is InChI=1S/C28H27N7O9/c1-4-10-29-26(39)19-13-34-24(17(19)3)25(30-14-31-34)32-20-12-18(6-5-16(20)2)27(40)35(21-9-11-44-33-21)28(41)43-15-42-23(38)8-7-22(36)37/h5-9,11-14H,4,10,15H2,1-3H3,(H,29,39)(H,36,37)(H,30,31,32)/b8-7+. The topological polar surface area (TPSA) is 208 Å². The minimum absolute atomic E-state index is 0.0382. The van der Waals surface area contributed by atoms with Gasteiger partial charge < -0.3 is 29.7 Å². The molecule has 4 rings (SSSR count). The van der Waals surface area contributed by atoms with Crippen LogP contribution in [0.2, 0.25) is 0 Å². The maximum Gasteiger partial charge on any atom is 0.425 e. The molecule has 0 spiro atoms. The summed E-state index contributed by atoms with van der Waals surface area (Å²) in [6.07, 6.45) is 4.77. The lowest BCUT2D eigenvalue weighted by Gasteiger charge is -2.18. The number of hydrogen-bond acceptors (Lipinski definition) is 12. The van der Waals surface area contributed by atoms with Crippen LogP contribution in [0, 0.1) is 13.8 Å². The molecule has 3 aromatic heterocycles. The van der Waals surface area contributed by atoms with Crippen LogP contribution < -0.4 is 15.5 Å². The molecule has 0 radical (unpaired) electrons. The molecule has 0 aliphatic heterocycles. The van der Waals surface area contributed by atoms with Crippen molar-refractivity contribution in [1.29, 1.82) is 0 Å². The number of carbonyl (C=O) groups is 5. The summed E-state index contributed by atoms with van der Waals surface area (Å²) in [7, 11) is 0. The fourth-order valence-electron chi connectivity index (χ4n) is 3.95. The molecule has 3 N–H and O–H groups in total. The van der Waals surface area contributed by atoms with E-state index in [0.717, 1.165) is 18.2 Å². The first kappa shape index (κ1) is 30.9. The van der Waals surface area contributed by atoms with E-state index in [4.69, 9.17) is 14.4 Å². The van der Waals surface area contributed by atoms with Crippen molar-refractivity contribution in [1.82, 2.24) is 25.1 Å². The molecular formula is C28H27N7O9. The lowest BCUT2D eigenvalue weighted by Crippen LogP contribution is -2.38. The van der Waals surface area contributed by atoms with Crippen LogP contribution >= 0.6 is 0 Å². The third kappa shape index (κ3) is 7.04. The molecule has 0 bridgehead atoms. The van der Waals surface area contributed by atoms with Gasteiger partial charge in [-0.1, -0.05) is 18.1 Å². The minimum Gasteiger partial charge on any atom is -0.478 e. The van der Waals surface area contributed by atoms with Crippen molar-refractivity contribution < 1.29 is 43.1 Å². The fraction of sp³-hybridized carbons (Fsp3) is 0.214. The highest BCUT2D eigenvalue weighted by atomic mass is 16.7. The molecule has 3 heterocycles. The molecular weight excluding hydrogens is 578 g/mol. The molecule has 0 atom stereocenters. The molecule has 0 saturated heterocycles. The SMILES string of the molecule is CCCNC(=O)c1cn2ncnc(Nc3cc(C(=O)N(C(=O)OCOC(=O)/C=C/C(=O)O)c4ccon4)ccc3C)c2c1C. The summed E-state index contributed by atoms with van der Waals surface area (Å²) in [6.45, 7) is 5.13. The van der Waals surface area contributed by atoms with Crippen LogP contribution in [0.4, 0.5) is 22.1 Å². The molecule has 0 fully saturated rings. The van der Waals surface area contributed by atoms with E-state index in [1.807, 2.05) is 6.92 Å². The summed E-state index contributed by atoms with van der Waals surface area (Å²) >= 11 is 0. The number of nitrogens with zero attached hydrogens (tertiary/aromatic N) is 5. The van der Waals surface area contributed by atoms with Gasteiger partial charge in [0.1, 0.15) is 18.1 Å². The number of fused-ring (bicyclic) bond motifs is 1. The van der Waals surface area contributed by atoms with E-state index < -0.39 is 30.7 Å². The lowest BCUT2D eigenvalue weighted by atomic mass is 10.1. The maximum atomic E-state index is 13.6. The van der Waals surface area contributed by atoms with Crippen LogP contribution in [-0.4, -0.2) is 68.0 Å². The molecule has 3 amide bonds. The fourth-order valence-corrected chi connectivity index (χ4v) is 3.95. The molecule has 16 heteroatoms. The number of aromatic nitrogens is 4. The number of aliphatic carboxylic acids is 1. The highest BCUT2D eigenvalue weighted by Crippen LogP contribution is 2.28. The summed E-state index contributed by atoms with van der Waals surface area (Å²) in [6, 6.07) is 5.86. The molecule has 0 aliphatic carbocycles. The van der Waals surface area contributed by atoms with E-state index in [0.29, 0.717) is 51.7 Å². The van der Waals surface area contributed by atoms with Gasteiger partial charge in [-0.2, -0.15) is 10.00 Å². The van der Waals surface area contributed by atoms with Gasteiger partial charge in [0, 0.05) is 42.2 Å². The number of benzene rings is 1. The quantitative estimate of drug-likeness (QED) is 0.128. The highest BCUT2D eigenvalue weighted by molar-refractivity contribution is 6.19. The second-order valence-corrected chi connectivity index (χ2v) is 9.14. The molecule has 44 heavy (non-hydrogen) atoms. The average Bonchev–Trinajstić information content (AvgIpc) is 3.64. The van der Waals surface area contributed by atoms with Gasteiger partial charge in [-0.05, 0) is 43.5 Å². The number of anilines is 3. The average molecular weight is 606 g/mol. The second kappa shape index (κ2) is 13.7. The Balaban J connectivity index is 1.58. The Hall–Kier alpha value is -6.06. The lowest BCUT2D eigenvalue weighted by molar-refractivity contribution is -0.146. The van der Waals surface area contributed by atoms with E-state index in [2.05, 4.69) is 30.6 Å². The molecule has 0 saturated carbocycles. The summed E-state index contributed by atoms with van der Waals surface area (Å²) < 4.78 is 15.8. The van der Waals surface area contributed by atoms with Crippen molar-refractivity contribution in [3.63, 3.8) is 0 Å². The van der Waals surface area contributed by atoms with Crippen LogP contribution in [0.3, 0.4) is 0 Å². The number of rotatable bonds is 11. The maximum absolute atomic E-state index is 13.6. The van der Waals surface area contributed by atoms with E-state index >= 15 is 0 Å². The molecule has 1 aromatic carbocycles. The number of aryl methyl sites for hydroxylation is 2. The van der Waals surface area contributed by atoms with Crippen molar-refractivity contribution in [3.05, 3.63) is 77.5 Å². The Morgan fingerprint density at radius 2 is 1.91 bits per heavy atom. The largest absolute Gasteiger partial charge is 0.478 e. The predicted octanol–water partition coefficient (Wildman–Crippen LogP) is 3.14. The van der Waals surface area contributed by atoms with E-state index in [1.165, 1.54) is 29.0 Å². The Morgan fingerprint density at radius 3 is 2.61 bits per heavy atom. The van der Waals surface area contributed by atoms with Gasteiger partial charge >= 0.3 is 18.0 Å². The normalized spacial score (nSPS) is 10.9. The van der Waals surface area contributed by atoms with Gasteiger partial charge in [-0.15, -0.1) is 0 Å². The zero-order valence-corrected chi connectivity index (χ0v) is 23.8. The number of hydrogen-bond donors (Lipinski definition) is 3. The van der Waals surface area contributed by atoms with Crippen molar-refractivity contribution in [3.8, 4) is 0 Å². The number of amides is 3. The number of carbonyl (C=O) groups excluding carboxylic acids is 4. The Morgan fingerprint density at radius 1 is 1.11 bits per heavy atom. The summed E-state index contributed by atoms with van der Waals surface area (Å²) in [5, 5.41) is 22.5. The first-order chi connectivity index (χ1) is 21.1. The van der Waals surface area contributed by atoms with E-state index in [1.54, 1.807) is 26.1 Å². The smallest absolute Gasteiger partial charge is 0.425 e. The van der Waals surface area contributed by atoms with Gasteiger partial charge in [-0.25, -0.2) is 23.9 Å². The van der Waals surface area contributed by atoms with Crippen LogP contribution in [0.1, 0.15) is 45.2 Å². The third-order valence-corrected chi connectivity index (χ3v) is 6.13. The van der Waals surface area contributed by atoms with Gasteiger partial charge in [0.25, 0.3) is 11.8 Å². The van der Waals surface area contributed by atoms with Crippen molar-refractivity contribution in [2.45, 2.75) is 27.2 Å². The Bertz CT molecular complexity index is 1750. The zero-order chi connectivity index (χ0) is 31.8. The first-order valence-electron chi connectivity index (χ1n) is 13.1. The third-order valence-electron chi connectivity index (χ3n) is 6.13. The molecule has 4 aromatic rings. The molecule has 0 aliphatic rings. The molecule has 16 nitrogen and oxygen atoms in total. The minimum atomic E-state index is -1.37. The second-order valence-electron chi connectivity index (χ2n) is 9.14. The molecule has 0 unspecified atom stereocenters. The monoisotopic (exact) mass is 605 g/mol. The number of carboxylic acid groups (broad SMARTS) is 1. The van der Waals surface area contributed by atoms with Gasteiger partial charge in [0.15, 0.2) is 11.6 Å². The number of imide groups is 1. The van der Waals surface area contributed by atoms with Crippen LogP contribution in [0.25, 0.3) is 5.52 Å². The van der Waals surface area contributed by atoms with Crippen LogP contribution in [0.5, 0.6) is 0 Å². The van der Waals surface area contributed by atoms with E-state index in [-0.39, 0.29) is 17.3 Å². The van der Waals surface area contributed by atoms with Gasteiger partial charge in [0.05, 0.1) is 5.56 Å². The number of carboxylic acids is 1. The Kier molecular flexibility index (Phi) is 9.64. The van der Waals surface area contributed by atoms with Crippen molar-refractivity contribution in [2.75, 3.05) is 23.6 Å². The van der Waals surface area contributed by atoms with Crippen molar-refractivity contribution >= 4 is 52.7 Å². The van der Waals surface area contributed by atoms with Crippen LogP contribution in [0.15, 0.2) is 59.7 Å². The summed E-state index contributed by atoms with van der Waals surface area (Å²) in [4.78, 5) is 66.1. The van der Waals surface area contributed by atoms with E-state index in [9.17, 15) is 24.0 Å².